The van der Waals surface area contributed by atoms with Gasteiger partial charge in [-0.3, -0.25) is 9.88 Å². The summed E-state index contributed by atoms with van der Waals surface area (Å²) in [7, 11) is 1.72. The molecule has 0 radical (unpaired) electrons. The number of hydrogen-bond donors (Lipinski definition) is 1. The summed E-state index contributed by atoms with van der Waals surface area (Å²) < 4.78 is 37.3. The Kier molecular flexibility index (Phi) is 5.55. The number of aryl methyl sites for hydroxylation is 1. The molecule has 0 aliphatic heterocycles. The number of nitrogens with zero attached hydrogens (tertiary/aromatic N) is 2. The lowest BCUT2D eigenvalue weighted by atomic mass is 10.2. The van der Waals surface area contributed by atoms with Crippen molar-refractivity contribution in [3.05, 3.63) is 29.6 Å². The zero-order chi connectivity index (χ0) is 13.6. The quantitative estimate of drug-likeness (QED) is 0.848. The highest BCUT2D eigenvalue weighted by molar-refractivity contribution is 5.16. The summed E-state index contributed by atoms with van der Waals surface area (Å²) in [6.45, 7) is 2.11. The Bertz CT molecular complexity index is 366. The van der Waals surface area contributed by atoms with E-state index in [1.165, 1.54) is 4.90 Å². The van der Waals surface area contributed by atoms with Gasteiger partial charge in [0.15, 0.2) is 0 Å². The van der Waals surface area contributed by atoms with Crippen molar-refractivity contribution >= 4 is 0 Å². The summed E-state index contributed by atoms with van der Waals surface area (Å²) in [6.07, 6.45) is -0.883. The average molecular weight is 261 g/mol. The van der Waals surface area contributed by atoms with Crippen molar-refractivity contribution in [3.8, 4) is 0 Å². The molecule has 0 saturated heterocycles. The number of halogens is 3. The first-order valence-electron chi connectivity index (χ1n) is 5.75. The van der Waals surface area contributed by atoms with E-state index in [1.807, 2.05) is 13.0 Å². The van der Waals surface area contributed by atoms with Crippen LogP contribution in [0.5, 0.6) is 0 Å². The highest BCUT2D eigenvalue weighted by atomic mass is 19.4. The molecule has 0 aliphatic carbocycles. The molecule has 0 saturated carbocycles. The largest absolute Gasteiger partial charge is 0.401 e. The predicted molar refractivity (Wildman–Crippen MR) is 64.2 cm³/mol. The highest BCUT2D eigenvalue weighted by Gasteiger charge is 2.30. The van der Waals surface area contributed by atoms with Crippen molar-refractivity contribution in [2.75, 3.05) is 26.7 Å². The van der Waals surface area contributed by atoms with Crippen LogP contribution in [0.15, 0.2) is 18.5 Å². The fraction of sp³-hybridized carbons (Fsp3) is 0.583. The van der Waals surface area contributed by atoms with Gasteiger partial charge in [0.1, 0.15) is 0 Å². The van der Waals surface area contributed by atoms with E-state index in [2.05, 4.69) is 10.3 Å². The maximum Gasteiger partial charge on any atom is 0.401 e. The van der Waals surface area contributed by atoms with Crippen LogP contribution in [0, 0.1) is 6.92 Å². The number of likely N-dealkylation sites (N-methyl/N-ethyl adjacent to an activating group) is 1. The van der Waals surface area contributed by atoms with E-state index in [-0.39, 0.29) is 6.54 Å². The third-order valence-electron chi connectivity index (χ3n) is 2.42. The summed E-state index contributed by atoms with van der Waals surface area (Å²) in [5.74, 6) is 0. The lowest BCUT2D eigenvalue weighted by molar-refractivity contribution is -0.146. The molecule has 6 heteroatoms. The monoisotopic (exact) mass is 261 g/mol. The maximum absolute atomic E-state index is 12.4. The van der Waals surface area contributed by atoms with Gasteiger partial charge >= 0.3 is 6.18 Å². The lowest BCUT2D eigenvalue weighted by Crippen LogP contribution is -2.37. The van der Waals surface area contributed by atoms with Crippen molar-refractivity contribution in [1.82, 2.24) is 15.2 Å². The maximum atomic E-state index is 12.4. The van der Waals surface area contributed by atoms with Crippen molar-refractivity contribution < 1.29 is 13.2 Å². The minimum atomic E-state index is -4.18. The number of nitrogens with one attached hydrogen (secondary N) is 1. The third kappa shape index (κ3) is 5.97. The second kappa shape index (κ2) is 6.70. The predicted octanol–water partition coefficient (Wildman–Crippen LogP) is 1.97. The Morgan fingerprint density at radius 3 is 2.61 bits per heavy atom. The standard InChI is InChI=1S/C12H18F3N3/c1-10-5-11(7-17-6-10)8-18(4-3-16-2)9-12(13,14)15/h5-7,16H,3-4,8-9H2,1-2H3. The first-order valence-corrected chi connectivity index (χ1v) is 5.75. The average Bonchev–Trinajstić information content (AvgIpc) is 2.24. The summed E-state index contributed by atoms with van der Waals surface area (Å²) in [6, 6.07) is 1.86. The van der Waals surface area contributed by atoms with Gasteiger partial charge in [0.25, 0.3) is 0 Å². The number of alkyl halides is 3. The summed E-state index contributed by atoms with van der Waals surface area (Å²) >= 11 is 0. The molecule has 1 rings (SSSR count). The molecule has 0 fully saturated rings. The second-order valence-electron chi connectivity index (χ2n) is 4.30. The molecule has 1 heterocycles. The van der Waals surface area contributed by atoms with Crippen molar-refractivity contribution in [2.24, 2.45) is 0 Å². The van der Waals surface area contributed by atoms with Gasteiger partial charge in [-0.05, 0) is 25.1 Å². The van der Waals surface area contributed by atoms with Crippen LogP contribution in [-0.2, 0) is 6.54 Å². The Balaban J connectivity index is 2.65. The van der Waals surface area contributed by atoms with Crippen LogP contribution in [0.3, 0.4) is 0 Å². The van der Waals surface area contributed by atoms with Gasteiger partial charge in [-0.25, -0.2) is 0 Å². The minimum Gasteiger partial charge on any atom is -0.318 e. The van der Waals surface area contributed by atoms with E-state index in [4.69, 9.17) is 0 Å². The van der Waals surface area contributed by atoms with Gasteiger partial charge < -0.3 is 5.32 Å². The van der Waals surface area contributed by atoms with Crippen LogP contribution in [0.2, 0.25) is 0 Å². The number of rotatable bonds is 6. The summed E-state index contributed by atoms with van der Waals surface area (Å²) in [5, 5.41) is 2.86. The van der Waals surface area contributed by atoms with E-state index < -0.39 is 12.7 Å². The van der Waals surface area contributed by atoms with E-state index in [0.29, 0.717) is 13.1 Å². The normalized spacial score (nSPS) is 12.1. The van der Waals surface area contributed by atoms with Crippen LogP contribution in [0.4, 0.5) is 13.2 Å². The smallest absolute Gasteiger partial charge is 0.318 e. The van der Waals surface area contributed by atoms with E-state index in [9.17, 15) is 13.2 Å². The molecular formula is C12H18F3N3. The topological polar surface area (TPSA) is 28.2 Å². The molecule has 102 valence electrons. The second-order valence-corrected chi connectivity index (χ2v) is 4.30. The SMILES string of the molecule is CNCCN(Cc1cncc(C)c1)CC(F)(F)F. The van der Waals surface area contributed by atoms with Gasteiger partial charge in [0.05, 0.1) is 6.54 Å². The molecule has 0 atom stereocenters. The van der Waals surface area contributed by atoms with Crippen molar-refractivity contribution in [1.29, 1.82) is 0 Å². The Hall–Kier alpha value is -1.14. The minimum absolute atomic E-state index is 0.260. The van der Waals surface area contributed by atoms with Crippen LogP contribution < -0.4 is 5.32 Å². The fourth-order valence-corrected chi connectivity index (χ4v) is 1.70. The zero-order valence-corrected chi connectivity index (χ0v) is 10.6. The Morgan fingerprint density at radius 2 is 2.06 bits per heavy atom. The van der Waals surface area contributed by atoms with E-state index in [1.54, 1.807) is 19.4 Å². The molecule has 0 spiro atoms. The molecule has 1 N–H and O–H groups in total. The van der Waals surface area contributed by atoms with Gasteiger partial charge in [-0.1, -0.05) is 6.07 Å². The van der Waals surface area contributed by atoms with Gasteiger partial charge in [0, 0.05) is 32.0 Å². The van der Waals surface area contributed by atoms with Crippen molar-refractivity contribution in [3.63, 3.8) is 0 Å². The molecule has 18 heavy (non-hydrogen) atoms. The van der Waals surface area contributed by atoms with Crippen LogP contribution in [0.25, 0.3) is 0 Å². The molecule has 1 aromatic heterocycles. The fourth-order valence-electron chi connectivity index (χ4n) is 1.70. The third-order valence-corrected chi connectivity index (χ3v) is 2.42. The molecule has 0 unspecified atom stereocenters. The number of pyridine rings is 1. The Labute approximate surface area is 105 Å². The molecule has 1 aromatic rings. The number of aromatic nitrogens is 1. The molecular weight excluding hydrogens is 243 g/mol. The Morgan fingerprint density at radius 1 is 1.33 bits per heavy atom. The summed E-state index contributed by atoms with van der Waals surface area (Å²) in [4.78, 5) is 5.36. The molecule has 0 aliphatic rings. The summed E-state index contributed by atoms with van der Waals surface area (Å²) in [5.41, 5.74) is 1.75. The van der Waals surface area contributed by atoms with Crippen LogP contribution >= 0.6 is 0 Å². The highest BCUT2D eigenvalue weighted by Crippen LogP contribution is 2.17. The molecule has 3 nitrogen and oxygen atoms in total. The van der Waals surface area contributed by atoms with Crippen LogP contribution in [0.1, 0.15) is 11.1 Å². The van der Waals surface area contributed by atoms with Crippen molar-refractivity contribution in [2.45, 2.75) is 19.6 Å². The van der Waals surface area contributed by atoms with E-state index >= 15 is 0 Å². The van der Waals surface area contributed by atoms with E-state index in [0.717, 1.165) is 11.1 Å². The van der Waals surface area contributed by atoms with Crippen LogP contribution in [-0.4, -0.2) is 42.7 Å². The molecule has 0 bridgehead atoms. The van der Waals surface area contributed by atoms with Gasteiger partial charge in [0.2, 0.25) is 0 Å². The van der Waals surface area contributed by atoms with Gasteiger partial charge in [-0.15, -0.1) is 0 Å². The molecule has 0 amide bonds. The van der Waals surface area contributed by atoms with Gasteiger partial charge in [-0.2, -0.15) is 13.2 Å². The first kappa shape index (κ1) is 14.9. The first-order chi connectivity index (χ1) is 8.40. The number of hydrogen-bond acceptors (Lipinski definition) is 3. The lowest BCUT2D eigenvalue weighted by Gasteiger charge is -2.23. The molecule has 0 aromatic carbocycles. The zero-order valence-electron chi connectivity index (χ0n) is 10.6.